The summed E-state index contributed by atoms with van der Waals surface area (Å²) in [6.45, 7) is 0.663. The highest BCUT2D eigenvalue weighted by atomic mass is 35.5. The molecule has 3 nitrogen and oxygen atoms in total. The van der Waals surface area contributed by atoms with E-state index in [-0.39, 0.29) is 5.41 Å². The standard InChI is InChI=1S/C22H25ClN2O/c1-26-19-8-9-20-17(13-19)14-22(10-3-2-4-11-22)21(25-20)24-15-16-6-5-7-18(23)12-16/h5-9,12-13H,2-4,10-11,14-15H2,1H3,(H,24,25). The zero-order chi connectivity index (χ0) is 18.0. The van der Waals surface area contributed by atoms with Crippen LogP contribution in [0.4, 0.5) is 5.69 Å². The van der Waals surface area contributed by atoms with Crippen LogP contribution in [0.2, 0.25) is 5.02 Å². The number of methoxy groups -OCH3 is 1. The number of amidine groups is 1. The summed E-state index contributed by atoms with van der Waals surface area (Å²) in [6.07, 6.45) is 7.32. The molecule has 0 bridgehead atoms. The van der Waals surface area contributed by atoms with Crippen molar-refractivity contribution in [3.05, 3.63) is 58.6 Å². The Labute approximate surface area is 160 Å². The van der Waals surface area contributed by atoms with Crippen LogP contribution in [0.1, 0.15) is 43.2 Å². The molecular weight excluding hydrogens is 344 g/mol. The first-order valence-corrected chi connectivity index (χ1v) is 9.80. The molecule has 2 aliphatic rings. The first-order valence-electron chi connectivity index (χ1n) is 9.42. The summed E-state index contributed by atoms with van der Waals surface area (Å²) in [6, 6.07) is 14.3. The molecule has 1 aliphatic carbocycles. The largest absolute Gasteiger partial charge is 0.497 e. The van der Waals surface area contributed by atoms with Crippen LogP contribution in [0, 0.1) is 5.41 Å². The van der Waals surface area contributed by atoms with Gasteiger partial charge in [0.15, 0.2) is 0 Å². The van der Waals surface area contributed by atoms with E-state index in [2.05, 4.69) is 23.5 Å². The Morgan fingerprint density at radius 1 is 1.12 bits per heavy atom. The molecule has 1 aliphatic heterocycles. The number of anilines is 1. The van der Waals surface area contributed by atoms with Crippen LogP contribution in [0.25, 0.3) is 0 Å². The number of nitrogens with zero attached hydrogens (tertiary/aromatic N) is 1. The van der Waals surface area contributed by atoms with Gasteiger partial charge in [-0.25, -0.2) is 0 Å². The highest BCUT2D eigenvalue weighted by Crippen LogP contribution is 2.45. The predicted molar refractivity (Wildman–Crippen MR) is 108 cm³/mol. The molecule has 0 saturated heterocycles. The van der Waals surface area contributed by atoms with Gasteiger partial charge < -0.3 is 10.1 Å². The monoisotopic (exact) mass is 368 g/mol. The Balaban J connectivity index is 1.67. The minimum atomic E-state index is 0.135. The van der Waals surface area contributed by atoms with Gasteiger partial charge in [0.25, 0.3) is 0 Å². The number of halogens is 1. The second-order valence-electron chi connectivity index (χ2n) is 7.46. The topological polar surface area (TPSA) is 33.6 Å². The third kappa shape index (κ3) is 3.45. The van der Waals surface area contributed by atoms with Crippen LogP contribution in [-0.2, 0) is 13.0 Å². The number of fused-ring (bicyclic) bond motifs is 1. The molecule has 136 valence electrons. The Bertz CT molecular complexity index is 825. The summed E-state index contributed by atoms with van der Waals surface area (Å²) in [5.74, 6) is 2.07. The molecule has 1 N–H and O–H groups in total. The molecule has 1 fully saturated rings. The van der Waals surface area contributed by atoms with E-state index in [0.717, 1.165) is 34.3 Å². The van der Waals surface area contributed by atoms with Gasteiger partial charge >= 0.3 is 0 Å². The molecule has 0 aromatic heterocycles. The van der Waals surface area contributed by atoms with Gasteiger partial charge in [-0.2, -0.15) is 0 Å². The molecule has 4 rings (SSSR count). The van der Waals surface area contributed by atoms with E-state index in [9.17, 15) is 0 Å². The van der Waals surface area contributed by atoms with Crippen LogP contribution in [0.3, 0.4) is 0 Å². The van der Waals surface area contributed by atoms with E-state index >= 15 is 0 Å². The Kier molecular flexibility index (Phi) is 4.90. The van der Waals surface area contributed by atoms with Crippen LogP contribution in [0.15, 0.2) is 47.5 Å². The summed E-state index contributed by atoms with van der Waals surface area (Å²) >= 11 is 6.13. The molecule has 2 aromatic rings. The van der Waals surface area contributed by atoms with Gasteiger partial charge in [0.1, 0.15) is 11.6 Å². The van der Waals surface area contributed by atoms with Crippen LogP contribution in [-0.4, -0.2) is 12.9 Å². The molecule has 0 unspecified atom stereocenters. The Morgan fingerprint density at radius 2 is 1.96 bits per heavy atom. The zero-order valence-corrected chi connectivity index (χ0v) is 16.0. The number of nitrogens with one attached hydrogen (secondary N) is 1. The number of aliphatic imine (C=N–C) groups is 1. The van der Waals surface area contributed by atoms with Crippen molar-refractivity contribution in [2.45, 2.75) is 45.1 Å². The zero-order valence-electron chi connectivity index (χ0n) is 15.2. The maximum Gasteiger partial charge on any atom is 0.119 e. The average molecular weight is 369 g/mol. The van der Waals surface area contributed by atoms with Gasteiger partial charge in [-0.15, -0.1) is 0 Å². The van der Waals surface area contributed by atoms with Crippen molar-refractivity contribution >= 4 is 23.1 Å². The Morgan fingerprint density at radius 3 is 2.73 bits per heavy atom. The van der Waals surface area contributed by atoms with Crippen molar-refractivity contribution in [3.63, 3.8) is 0 Å². The fourth-order valence-corrected chi connectivity index (χ4v) is 4.54. The number of hydrogen-bond donors (Lipinski definition) is 1. The lowest BCUT2D eigenvalue weighted by Crippen LogP contribution is -2.43. The van der Waals surface area contributed by atoms with Crippen molar-refractivity contribution in [2.24, 2.45) is 10.4 Å². The van der Waals surface area contributed by atoms with Crippen molar-refractivity contribution < 1.29 is 4.74 Å². The van der Waals surface area contributed by atoms with Gasteiger partial charge in [0, 0.05) is 16.1 Å². The van der Waals surface area contributed by atoms with Crippen LogP contribution < -0.4 is 10.1 Å². The molecule has 26 heavy (non-hydrogen) atoms. The average Bonchev–Trinajstić information content (AvgIpc) is 2.66. The van der Waals surface area contributed by atoms with Gasteiger partial charge in [0.2, 0.25) is 0 Å². The van der Waals surface area contributed by atoms with Gasteiger partial charge in [-0.3, -0.25) is 4.99 Å². The fourth-order valence-electron chi connectivity index (χ4n) is 4.33. The molecule has 1 heterocycles. The third-order valence-electron chi connectivity index (χ3n) is 5.72. The molecule has 2 aromatic carbocycles. The highest BCUT2D eigenvalue weighted by Gasteiger charge is 2.41. The number of ether oxygens (including phenoxy) is 1. The fraction of sp³-hybridized carbons (Fsp3) is 0.409. The van der Waals surface area contributed by atoms with Crippen molar-refractivity contribution in [1.82, 2.24) is 0 Å². The number of hydrogen-bond acceptors (Lipinski definition) is 2. The van der Waals surface area contributed by atoms with E-state index in [1.165, 1.54) is 37.7 Å². The van der Waals surface area contributed by atoms with E-state index < -0.39 is 0 Å². The SMILES string of the molecule is COc1ccc2c(c1)CC1(CCCCC1)C(=NCc1cccc(Cl)c1)N2. The van der Waals surface area contributed by atoms with E-state index in [4.69, 9.17) is 21.3 Å². The molecule has 1 saturated carbocycles. The first-order chi connectivity index (χ1) is 12.7. The maximum atomic E-state index is 6.13. The smallest absolute Gasteiger partial charge is 0.119 e. The molecular formula is C22H25ClN2O. The lowest BCUT2D eigenvalue weighted by atomic mass is 9.67. The van der Waals surface area contributed by atoms with Gasteiger partial charge in [-0.1, -0.05) is 43.0 Å². The quantitative estimate of drug-likeness (QED) is 0.735. The van der Waals surface area contributed by atoms with E-state index in [1.54, 1.807) is 7.11 Å². The molecule has 1 spiro atoms. The maximum absolute atomic E-state index is 6.13. The Hall–Kier alpha value is -2.00. The van der Waals surface area contributed by atoms with Crippen molar-refractivity contribution in [3.8, 4) is 5.75 Å². The van der Waals surface area contributed by atoms with Crippen molar-refractivity contribution in [1.29, 1.82) is 0 Å². The molecule has 4 heteroatoms. The second kappa shape index (κ2) is 7.32. The van der Waals surface area contributed by atoms with Gasteiger partial charge in [-0.05, 0) is 60.7 Å². The number of rotatable bonds is 3. The predicted octanol–water partition coefficient (Wildman–Crippen LogP) is 5.87. The molecule has 0 radical (unpaired) electrons. The van der Waals surface area contributed by atoms with Gasteiger partial charge in [0.05, 0.1) is 13.7 Å². The lowest BCUT2D eigenvalue weighted by Gasteiger charge is -2.42. The second-order valence-corrected chi connectivity index (χ2v) is 7.90. The summed E-state index contributed by atoms with van der Waals surface area (Å²) in [7, 11) is 1.73. The van der Waals surface area contributed by atoms with Crippen LogP contribution in [0.5, 0.6) is 5.75 Å². The molecule has 0 atom stereocenters. The minimum absolute atomic E-state index is 0.135. The summed E-state index contributed by atoms with van der Waals surface area (Å²) in [4.78, 5) is 5.03. The lowest BCUT2D eigenvalue weighted by molar-refractivity contribution is 0.278. The normalized spacial score (nSPS) is 19.8. The highest BCUT2D eigenvalue weighted by molar-refractivity contribution is 6.30. The summed E-state index contributed by atoms with van der Waals surface area (Å²) in [5.41, 5.74) is 3.79. The van der Waals surface area contributed by atoms with Crippen molar-refractivity contribution in [2.75, 3.05) is 12.4 Å². The van der Waals surface area contributed by atoms with E-state index in [0.29, 0.717) is 6.54 Å². The minimum Gasteiger partial charge on any atom is -0.497 e. The first kappa shape index (κ1) is 17.4. The van der Waals surface area contributed by atoms with E-state index in [1.807, 2.05) is 24.3 Å². The summed E-state index contributed by atoms with van der Waals surface area (Å²) < 4.78 is 5.43. The third-order valence-corrected chi connectivity index (χ3v) is 5.95. The molecule has 0 amide bonds. The number of benzene rings is 2. The van der Waals surface area contributed by atoms with Crippen LogP contribution >= 0.6 is 11.6 Å². The summed E-state index contributed by atoms with van der Waals surface area (Å²) in [5, 5.41) is 4.42.